The highest BCUT2D eigenvalue weighted by molar-refractivity contribution is 5.72. The van der Waals surface area contributed by atoms with Crippen LogP contribution in [0.5, 0.6) is 0 Å². The van der Waals surface area contributed by atoms with E-state index in [1.165, 1.54) is 6.92 Å². The summed E-state index contributed by atoms with van der Waals surface area (Å²) in [6.45, 7) is 5.88. The van der Waals surface area contributed by atoms with Crippen LogP contribution in [0.4, 0.5) is 0 Å². The van der Waals surface area contributed by atoms with Crippen molar-refractivity contribution in [2.75, 3.05) is 0 Å². The predicted octanol–water partition coefficient (Wildman–Crippen LogP) is 1.57. The summed E-state index contributed by atoms with van der Waals surface area (Å²) in [5, 5.41) is 2.69. The van der Waals surface area contributed by atoms with Crippen LogP contribution in [-0.2, 0) is 17.8 Å². The van der Waals surface area contributed by atoms with E-state index in [0.717, 1.165) is 30.2 Å². The zero-order valence-electron chi connectivity index (χ0n) is 8.89. The van der Waals surface area contributed by atoms with E-state index in [4.69, 9.17) is 4.42 Å². The van der Waals surface area contributed by atoms with E-state index in [2.05, 4.69) is 17.2 Å². The molecule has 0 aromatic carbocycles. The maximum absolute atomic E-state index is 10.7. The maximum Gasteiger partial charge on any atom is 0.217 e. The molecule has 78 valence electrons. The zero-order chi connectivity index (χ0) is 10.6. The second-order valence-electron chi connectivity index (χ2n) is 3.28. The zero-order valence-corrected chi connectivity index (χ0v) is 8.89. The van der Waals surface area contributed by atoms with Gasteiger partial charge >= 0.3 is 0 Å². The molecule has 1 rings (SSSR count). The Bertz CT molecular complexity index is 318. The average Bonchev–Trinajstić information content (AvgIpc) is 2.44. The molecule has 1 N–H and O–H groups in total. The molecule has 14 heavy (non-hydrogen) atoms. The second-order valence-corrected chi connectivity index (χ2v) is 3.28. The first-order valence-corrected chi connectivity index (χ1v) is 4.83. The van der Waals surface area contributed by atoms with E-state index >= 15 is 0 Å². The number of nitrogens with zero attached hydrogens (tertiary/aromatic N) is 1. The number of hydrogen-bond donors (Lipinski definition) is 1. The fraction of sp³-hybridized carbons (Fsp3) is 0.600. The van der Waals surface area contributed by atoms with Gasteiger partial charge in [-0.25, -0.2) is 4.98 Å². The smallest absolute Gasteiger partial charge is 0.217 e. The van der Waals surface area contributed by atoms with Gasteiger partial charge in [-0.3, -0.25) is 4.79 Å². The summed E-state index contributed by atoms with van der Waals surface area (Å²) < 4.78 is 5.48. The number of aryl methyl sites for hydroxylation is 2. The first-order chi connectivity index (χ1) is 6.63. The average molecular weight is 196 g/mol. The Kier molecular flexibility index (Phi) is 3.68. The van der Waals surface area contributed by atoms with Crippen LogP contribution in [0.1, 0.15) is 37.6 Å². The minimum atomic E-state index is -0.0576. The number of carbonyl (C=O) groups is 1. The summed E-state index contributed by atoms with van der Waals surface area (Å²) in [7, 11) is 0. The highest BCUT2D eigenvalue weighted by Gasteiger charge is 2.08. The van der Waals surface area contributed by atoms with Crippen molar-refractivity contribution in [1.82, 2.24) is 10.3 Å². The van der Waals surface area contributed by atoms with Crippen molar-refractivity contribution in [3.63, 3.8) is 0 Å². The first-order valence-electron chi connectivity index (χ1n) is 4.83. The maximum atomic E-state index is 10.7. The third kappa shape index (κ3) is 2.87. The SMILES string of the molecule is CCCc1nc(C)c(CNC(C)=O)o1. The lowest BCUT2D eigenvalue weighted by atomic mass is 10.3. The second kappa shape index (κ2) is 4.79. The van der Waals surface area contributed by atoms with E-state index in [0.29, 0.717) is 6.54 Å². The molecule has 0 aliphatic heterocycles. The fourth-order valence-corrected chi connectivity index (χ4v) is 1.18. The van der Waals surface area contributed by atoms with Crippen LogP contribution < -0.4 is 5.32 Å². The molecule has 0 radical (unpaired) electrons. The third-order valence-corrected chi connectivity index (χ3v) is 1.90. The first kappa shape index (κ1) is 10.8. The van der Waals surface area contributed by atoms with Gasteiger partial charge in [-0.15, -0.1) is 0 Å². The van der Waals surface area contributed by atoms with Crippen LogP contribution in [0.2, 0.25) is 0 Å². The predicted molar refractivity (Wildman–Crippen MR) is 52.8 cm³/mol. The summed E-state index contributed by atoms with van der Waals surface area (Å²) in [5.74, 6) is 1.45. The van der Waals surface area contributed by atoms with Gasteiger partial charge in [-0.1, -0.05) is 6.92 Å². The van der Waals surface area contributed by atoms with Crippen molar-refractivity contribution in [1.29, 1.82) is 0 Å². The summed E-state index contributed by atoms with van der Waals surface area (Å²) in [6.07, 6.45) is 1.86. The van der Waals surface area contributed by atoms with Gasteiger partial charge in [-0.05, 0) is 13.3 Å². The van der Waals surface area contributed by atoms with Crippen molar-refractivity contribution in [2.45, 2.75) is 40.2 Å². The monoisotopic (exact) mass is 196 g/mol. The molecule has 4 heteroatoms. The lowest BCUT2D eigenvalue weighted by Crippen LogP contribution is -2.18. The van der Waals surface area contributed by atoms with Crippen molar-refractivity contribution in [3.8, 4) is 0 Å². The number of carbonyl (C=O) groups excluding carboxylic acids is 1. The molecule has 0 saturated heterocycles. The molecular formula is C10H16N2O2. The summed E-state index contributed by atoms with van der Waals surface area (Å²) >= 11 is 0. The minimum Gasteiger partial charge on any atom is -0.444 e. The molecule has 0 aliphatic carbocycles. The van der Waals surface area contributed by atoms with E-state index in [1.807, 2.05) is 6.92 Å². The van der Waals surface area contributed by atoms with Gasteiger partial charge in [0.2, 0.25) is 5.91 Å². The Morgan fingerprint density at radius 3 is 2.86 bits per heavy atom. The van der Waals surface area contributed by atoms with Crippen LogP contribution in [0.25, 0.3) is 0 Å². The summed E-state index contributed by atoms with van der Waals surface area (Å²) in [6, 6.07) is 0. The van der Waals surface area contributed by atoms with Crippen LogP contribution in [-0.4, -0.2) is 10.9 Å². The largest absolute Gasteiger partial charge is 0.444 e. The standard InChI is InChI=1S/C10H16N2O2/c1-4-5-10-12-7(2)9(14-10)6-11-8(3)13/h4-6H2,1-3H3,(H,11,13). The molecular weight excluding hydrogens is 180 g/mol. The Balaban J connectivity index is 2.62. The molecule has 4 nitrogen and oxygen atoms in total. The van der Waals surface area contributed by atoms with Gasteiger partial charge < -0.3 is 9.73 Å². The van der Waals surface area contributed by atoms with Gasteiger partial charge in [0.25, 0.3) is 0 Å². The number of amides is 1. The van der Waals surface area contributed by atoms with Gasteiger partial charge in [-0.2, -0.15) is 0 Å². The Hall–Kier alpha value is -1.32. The molecule has 0 spiro atoms. The Morgan fingerprint density at radius 1 is 1.57 bits per heavy atom. The molecule has 0 saturated carbocycles. The van der Waals surface area contributed by atoms with Crippen molar-refractivity contribution in [2.24, 2.45) is 0 Å². The quantitative estimate of drug-likeness (QED) is 0.795. The third-order valence-electron chi connectivity index (χ3n) is 1.90. The Labute approximate surface area is 83.7 Å². The van der Waals surface area contributed by atoms with E-state index in [-0.39, 0.29) is 5.91 Å². The Morgan fingerprint density at radius 2 is 2.29 bits per heavy atom. The van der Waals surface area contributed by atoms with Gasteiger partial charge in [0.15, 0.2) is 5.89 Å². The van der Waals surface area contributed by atoms with Crippen LogP contribution in [0.3, 0.4) is 0 Å². The van der Waals surface area contributed by atoms with Crippen molar-refractivity contribution >= 4 is 5.91 Å². The highest BCUT2D eigenvalue weighted by Crippen LogP contribution is 2.11. The van der Waals surface area contributed by atoms with E-state index < -0.39 is 0 Å². The molecule has 1 aromatic rings. The minimum absolute atomic E-state index is 0.0576. The lowest BCUT2D eigenvalue weighted by molar-refractivity contribution is -0.119. The molecule has 1 heterocycles. The van der Waals surface area contributed by atoms with Crippen molar-refractivity contribution in [3.05, 3.63) is 17.3 Å². The number of nitrogens with one attached hydrogen (secondary N) is 1. The van der Waals surface area contributed by atoms with Gasteiger partial charge in [0, 0.05) is 13.3 Å². The topological polar surface area (TPSA) is 55.1 Å². The molecule has 0 atom stereocenters. The fourth-order valence-electron chi connectivity index (χ4n) is 1.18. The molecule has 0 aliphatic rings. The molecule has 0 fully saturated rings. The molecule has 0 unspecified atom stereocenters. The summed E-state index contributed by atoms with van der Waals surface area (Å²) in [5.41, 5.74) is 0.863. The normalized spacial score (nSPS) is 10.2. The van der Waals surface area contributed by atoms with Gasteiger partial charge in [0.05, 0.1) is 12.2 Å². The number of aromatic nitrogens is 1. The number of rotatable bonds is 4. The van der Waals surface area contributed by atoms with Crippen LogP contribution in [0, 0.1) is 6.92 Å². The molecule has 1 aromatic heterocycles. The summed E-state index contributed by atoms with van der Waals surface area (Å²) in [4.78, 5) is 14.9. The van der Waals surface area contributed by atoms with Crippen molar-refractivity contribution < 1.29 is 9.21 Å². The highest BCUT2D eigenvalue weighted by atomic mass is 16.4. The van der Waals surface area contributed by atoms with Gasteiger partial charge in [0.1, 0.15) is 5.76 Å². The number of hydrogen-bond acceptors (Lipinski definition) is 3. The molecule has 0 bridgehead atoms. The molecule has 1 amide bonds. The van der Waals surface area contributed by atoms with E-state index in [9.17, 15) is 4.79 Å². The van der Waals surface area contributed by atoms with Crippen LogP contribution in [0.15, 0.2) is 4.42 Å². The van der Waals surface area contributed by atoms with E-state index in [1.54, 1.807) is 0 Å². The van der Waals surface area contributed by atoms with Crippen LogP contribution >= 0.6 is 0 Å². The number of oxazole rings is 1. The lowest BCUT2D eigenvalue weighted by Gasteiger charge is -1.97.